The normalized spacial score (nSPS) is 12.2. The Morgan fingerprint density at radius 3 is 1.37 bits per heavy atom. The van der Waals surface area contributed by atoms with Crippen molar-refractivity contribution in [3.63, 3.8) is 0 Å². The number of hydrogen-bond donors (Lipinski definition) is 0. The molecule has 12 aromatic rings. The predicted molar refractivity (Wildman–Crippen MR) is 248 cm³/mol. The van der Waals surface area contributed by atoms with Crippen molar-refractivity contribution in [3.8, 4) is 33.6 Å². The number of aromatic nitrogens is 2. The fraction of sp³-hybridized carbons (Fsp3) is 0.0182. The molecule has 0 N–H and O–H groups in total. The highest BCUT2D eigenvalue weighted by Gasteiger charge is 2.18. The van der Waals surface area contributed by atoms with Gasteiger partial charge in [-0.3, -0.25) is 0 Å². The van der Waals surface area contributed by atoms with Crippen molar-refractivity contribution in [3.05, 3.63) is 194 Å². The minimum absolute atomic E-state index is 0.865. The quantitative estimate of drug-likeness (QED) is 0.169. The Morgan fingerprint density at radius 2 is 0.847 bits per heavy atom. The van der Waals surface area contributed by atoms with Gasteiger partial charge >= 0.3 is 0 Å². The second kappa shape index (κ2) is 12.9. The van der Waals surface area contributed by atoms with Crippen LogP contribution in [-0.2, 0) is 0 Å². The Kier molecular flexibility index (Phi) is 7.26. The third-order valence-electron chi connectivity index (χ3n) is 12.0. The van der Waals surface area contributed by atoms with Gasteiger partial charge in [-0.2, -0.15) is 0 Å². The maximum Gasteiger partial charge on any atom is 0.135 e. The Hall–Kier alpha value is -7.82. The van der Waals surface area contributed by atoms with Crippen molar-refractivity contribution in [2.75, 3.05) is 0 Å². The molecule has 0 saturated carbocycles. The highest BCUT2D eigenvalue weighted by Crippen LogP contribution is 2.40. The molecule has 0 saturated heterocycles. The van der Waals surface area contributed by atoms with Crippen molar-refractivity contribution < 1.29 is 8.83 Å². The largest absolute Gasteiger partial charge is 0.456 e. The summed E-state index contributed by atoms with van der Waals surface area (Å²) in [6.07, 6.45) is 6.21. The first kappa shape index (κ1) is 33.3. The van der Waals surface area contributed by atoms with Crippen LogP contribution in [0.15, 0.2) is 191 Å². The third-order valence-corrected chi connectivity index (χ3v) is 12.0. The lowest BCUT2D eigenvalue weighted by molar-refractivity contribution is 0.668. The zero-order valence-corrected chi connectivity index (χ0v) is 32.3. The van der Waals surface area contributed by atoms with Gasteiger partial charge in [0.1, 0.15) is 22.3 Å². The van der Waals surface area contributed by atoms with Crippen molar-refractivity contribution in [1.82, 2.24) is 9.13 Å². The maximum absolute atomic E-state index is 6.41. The summed E-state index contributed by atoms with van der Waals surface area (Å²) < 4.78 is 17.5. The first-order chi connectivity index (χ1) is 29.1. The number of hydrogen-bond acceptors (Lipinski definition) is 2. The van der Waals surface area contributed by atoms with Gasteiger partial charge in [-0.1, -0.05) is 104 Å². The van der Waals surface area contributed by atoms with Gasteiger partial charge in [0.25, 0.3) is 0 Å². The van der Waals surface area contributed by atoms with Crippen molar-refractivity contribution >= 4 is 88.7 Å². The van der Waals surface area contributed by atoms with Crippen molar-refractivity contribution in [1.29, 1.82) is 0 Å². The van der Waals surface area contributed by atoms with E-state index in [1.54, 1.807) is 0 Å². The van der Waals surface area contributed by atoms with Gasteiger partial charge in [-0.05, 0) is 120 Å². The summed E-state index contributed by atoms with van der Waals surface area (Å²) in [5, 5.41) is 8.04. The van der Waals surface area contributed by atoms with Gasteiger partial charge in [0.2, 0.25) is 0 Å². The molecule has 0 bridgehead atoms. The molecule has 0 fully saturated rings. The van der Waals surface area contributed by atoms with E-state index in [1.807, 2.05) is 6.08 Å². The fourth-order valence-electron chi connectivity index (χ4n) is 9.35. The maximum atomic E-state index is 6.41. The number of nitrogens with zero attached hydrogens (tertiary/aromatic N) is 2. The number of fused-ring (bicyclic) bond motifs is 10. The van der Waals surface area contributed by atoms with Gasteiger partial charge in [-0.25, -0.2) is 0 Å². The number of furan rings is 2. The minimum atomic E-state index is 0.865. The minimum Gasteiger partial charge on any atom is -0.456 e. The molecule has 278 valence electrons. The lowest BCUT2D eigenvalue weighted by Gasteiger charge is -2.10. The van der Waals surface area contributed by atoms with E-state index in [0.29, 0.717) is 0 Å². The van der Waals surface area contributed by atoms with Gasteiger partial charge in [-0.15, -0.1) is 0 Å². The zero-order valence-electron chi connectivity index (χ0n) is 32.3. The molecule has 0 spiro atoms. The van der Waals surface area contributed by atoms with Crippen LogP contribution in [0.1, 0.15) is 18.2 Å². The molecule has 59 heavy (non-hydrogen) atoms. The lowest BCUT2D eigenvalue weighted by Crippen LogP contribution is -1.96. The van der Waals surface area contributed by atoms with Crippen molar-refractivity contribution in [2.24, 2.45) is 0 Å². The number of allylic oxidation sites excluding steroid dienone is 1. The topological polar surface area (TPSA) is 36.1 Å². The molecule has 0 aliphatic carbocycles. The summed E-state index contributed by atoms with van der Waals surface area (Å²) in [6.45, 7) is 6.22. The van der Waals surface area contributed by atoms with E-state index in [1.165, 1.54) is 27.2 Å². The van der Waals surface area contributed by atoms with E-state index in [0.717, 1.165) is 94.3 Å². The molecule has 0 aliphatic heterocycles. The SMILES string of the molecule is C=Cc1c(/C=C\C)n(-c2ccc3oc4ccc(-c5cccc(-c6ccc7oc8ccc(-n9c%10ccccc%10c%10ccccc%109)cc8c7c6)c5)cc4c3c2)c2ccccc12. The Labute approximate surface area is 339 Å². The van der Waals surface area contributed by atoms with E-state index in [2.05, 4.69) is 205 Å². The Morgan fingerprint density at radius 1 is 0.407 bits per heavy atom. The fourth-order valence-corrected chi connectivity index (χ4v) is 9.35. The molecule has 8 aromatic carbocycles. The molecule has 0 aliphatic rings. The second-order valence-corrected chi connectivity index (χ2v) is 15.3. The Bertz CT molecular complexity index is 3660. The number of benzene rings is 8. The first-order valence-corrected chi connectivity index (χ1v) is 20.1. The lowest BCUT2D eigenvalue weighted by atomic mass is 9.97. The molecule has 4 aromatic heterocycles. The standard InChI is InChI=1S/C55H36N2O2/c1-3-12-48-40(4-2)41-15-5-8-18-49(41)56(48)38-23-27-54-46(32-38)44-30-36(21-25-52(44)58-54)34-13-11-14-35(29-34)37-22-26-53-45(31-37)47-33-39(24-28-55(47)59-53)57-50-19-9-6-16-42(50)43-17-7-10-20-51(43)57/h3-33H,2H2,1H3/b12-3-. The summed E-state index contributed by atoms with van der Waals surface area (Å²) in [5.74, 6) is 0. The second-order valence-electron chi connectivity index (χ2n) is 15.3. The molecule has 4 heteroatoms. The summed E-state index contributed by atoms with van der Waals surface area (Å²) in [6, 6.07) is 60.7. The van der Waals surface area contributed by atoms with Gasteiger partial charge in [0, 0.05) is 54.6 Å². The van der Waals surface area contributed by atoms with Crippen LogP contribution in [0.5, 0.6) is 0 Å². The molecular formula is C55H36N2O2. The van der Waals surface area contributed by atoms with Crippen LogP contribution >= 0.6 is 0 Å². The van der Waals surface area contributed by atoms with Crippen LogP contribution in [0.25, 0.3) is 122 Å². The number of para-hydroxylation sites is 3. The van der Waals surface area contributed by atoms with Crippen LogP contribution in [0.2, 0.25) is 0 Å². The summed E-state index contributed by atoms with van der Waals surface area (Å²) in [4.78, 5) is 0. The average molecular weight is 757 g/mol. The molecule has 0 atom stereocenters. The summed E-state index contributed by atoms with van der Waals surface area (Å²) >= 11 is 0. The van der Waals surface area contributed by atoms with Gasteiger partial charge < -0.3 is 18.0 Å². The van der Waals surface area contributed by atoms with E-state index in [-0.39, 0.29) is 0 Å². The molecule has 4 nitrogen and oxygen atoms in total. The molecule has 0 unspecified atom stereocenters. The number of rotatable bonds is 6. The van der Waals surface area contributed by atoms with Gasteiger partial charge in [0.05, 0.1) is 22.2 Å². The highest BCUT2D eigenvalue weighted by atomic mass is 16.3. The van der Waals surface area contributed by atoms with Crippen LogP contribution in [0.3, 0.4) is 0 Å². The molecular weight excluding hydrogens is 721 g/mol. The van der Waals surface area contributed by atoms with E-state index >= 15 is 0 Å². The van der Waals surface area contributed by atoms with Gasteiger partial charge in [0.15, 0.2) is 0 Å². The average Bonchev–Trinajstić information content (AvgIpc) is 4.03. The molecule has 0 radical (unpaired) electrons. The van der Waals surface area contributed by atoms with Crippen LogP contribution in [-0.4, -0.2) is 9.13 Å². The highest BCUT2D eigenvalue weighted by molar-refractivity contribution is 6.11. The van der Waals surface area contributed by atoms with E-state index in [4.69, 9.17) is 8.83 Å². The predicted octanol–water partition coefficient (Wildman–Crippen LogP) is 15.5. The van der Waals surface area contributed by atoms with Crippen molar-refractivity contribution in [2.45, 2.75) is 6.92 Å². The molecule has 4 heterocycles. The smallest absolute Gasteiger partial charge is 0.135 e. The first-order valence-electron chi connectivity index (χ1n) is 20.1. The summed E-state index contributed by atoms with van der Waals surface area (Å²) in [7, 11) is 0. The monoisotopic (exact) mass is 756 g/mol. The van der Waals surface area contributed by atoms with Crippen LogP contribution in [0, 0.1) is 0 Å². The van der Waals surface area contributed by atoms with E-state index < -0.39 is 0 Å². The zero-order chi connectivity index (χ0) is 39.2. The molecule has 0 amide bonds. The van der Waals surface area contributed by atoms with E-state index in [9.17, 15) is 0 Å². The molecule has 12 rings (SSSR count). The summed E-state index contributed by atoms with van der Waals surface area (Å²) in [5.41, 5.74) is 16.0. The van der Waals surface area contributed by atoms with Crippen LogP contribution < -0.4 is 0 Å². The Balaban J connectivity index is 0.951. The van der Waals surface area contributed by atoms with Crippen LogP contribution in [0.4, 0.5) is 0 Å². The third kappa shape index (κ3) is 5.03.